The van der Waals surface area contributed by atoms with Gasteiger partial charge in [-0.2, -0.15) is 0 Å². The lowest BCUT2D eigenvalue weighted by Gasteiger charge is -2.34. The third-order valence-electron chi connectivity index (χ3n) is 5.76. The number of benzene rings is 2. The monoisotopic (exact) mass is 533 g/mol. The van der Waals surface area contributed by atoms with Gasteiger partial charge in [-0.1, -0.05) is 6.07 Å². The highest BCUT2D eigenvalue weighted by atomic mass is 79.9. The van der Waals surface area contributed by atoms with Crippen molar-refractivity contribution in [2.45, 2.75) is 38.6 Å². The SMILES string of the molecule is CC(C)N1CCC(c2coc3ccc(NC(=O)Nc4cccc(Br)c4Br)cc23)CC1. The highest BCUT2D eigenvalue weighted by Crippen LogP contribution is 2.36. The Hall–Kier alpha value is -1.83. The van der Waals surface area contributed by atoms with Gasteiger partial charge in [-0.05, 0) is 108 Å². The number of amides is 2. The largest absolute Gasteiger partial charge is 0.464 e. The number of carbonyl (C=O) groups excluding carboxylic acids is 1. The average Bonchev–Trinajstić information content (AvgIpc) is 3.14. The molecule has 0 saturated carbocycles. The van der Waals surface area contributed by atoms with Gasteiger partial charge in [-0.3, -0.25) is 0 Å². The maximum atomic E-state index is 12.5. The fourth-order valence-corrected chi connectivity index (χ4v) is 4.78. The number of nitrogens with one attached hydrogen (secondary N) is 2. The molecule has 2 heterocycles. The molecule has 3 aromatic rings. The maximum Gasteiger partial charge on any atom is 0.323 e. The Kier molecular flexibility index (Phi) is 6.51. The summed E-state index contributed by atoms with van der Waals surface area (Å²) in [6.07, 6.45) is 4.15. The van der Waals surface area contributed by atoms with Crippen LogP contribution >= 0.6 is 31.9 Å². The minimum absolute atomic E-state index is 0.288. The minimum atomic E-state index is -0.288. The van der Waals surface area contributed by atoms with E-state index in [4.69, 9.17) is 4.42 Å². The van der Waals surface area contributed by atoms with Gasteiger partial charge in [0.25, 0.3) is 0 Å². The summed E-state index contributed by atoms with van der Waals surface area (Å²) >= 11 is 6.93. The molecule has 1 aromatic heterocycles. The molecular formula is C23H25Br2N3O2. The molecule has 1 saturated heterocycles. The number of likely N-dealkylation sites (tertiary alicyclic amines) is 1. The number of carbonyl (C=O) groups is 1. The summed E-state index contributed by atoms with van der Waals surface area (Å²) in [6.45, 7) is 6.72. The first-order valence-electron chi connectivity index (χ1n) is 10.2. The molecule has 5 nitrogen and oxygen atoms in total. The van der Waals surface area contributed by atoms with Crippen molar-refractivity contribution in [1.29, 1.82) is 0 Å². The first-order chi connectivity index (χ1) is 14.4. The molecule has 0 unspecified atom stereocenters. The maximum absolute atomic E-state index is 12.5. The van der Waals surface area contributed by atoms with Crippen molar-refractivity contribution in [3.63, 3.8) is 0 Å². The van der Waals surface area contributed by atoms with E-state index in [1.807, 2.05) is 42.7 Å². The third kappa shape index (κ3) is 4.58. The highest BCUT2D eigenvalue weighted by molar-refractivity contribution is 9.13. The first kappa shape index (κ1) is 21.4. The zero-order valence-electron chi connectivity index (χ0n) is 17.0. The standard InChI is InChI=1S/C23H25Br2N3O2/c1-14(2)28-10-8-15(9-11-28)18-13-30-21-7-6-16(12-17(18)21)26-23(29)27-20-5-3-4-19(24)22(20)25/h3-7,12-15H,8-11H2,1-2H3,(H2,26,27,29). The molecule has 2 aromatic carbocycles. The average molecular weight is 535 g/mol. The van der Waals surface area contributed by atoms with Crippen LogP contribution in [0.25, 0.3) is 11.0 Å². The van der Waals surface area contributed by atoms with E-state index < -0.39 is 0 Å². The van der Waals surface area contributed by atoms with Crippen molar-refractivity contribution in [3.05, 3.63) is 57.2 Å². The van der Waals surface area contributed by atoms with Crippen LogP contribution in [-0.4, -0.2) is 30.1 Å². The van der Waals surface area contributed by atoms with Gasteiger partial charge in [0, 0.05) is 27.2 Å². The molecule has 1 aliphatic rings. The number of furan rings is 1. The van der Waals surface area contributed by atoms with Crippen LogP contribution in [0, 0.1) is 0 Å². The molecule has 0 spiro atoms. The van der Waals surface area contributed by atoms with Gasteiger partial charge in [0.05, 0.1) is 16.4 Å². The van der Waals surface area contributed by atoms with E-state index in [9.17, 15) is 4.79 Å². The van der Waals surface area contributed by atoms with Crippen LogP contribution in [0.4, 0.5) is 16.2 Å². The number of hydrogen-bond acceptors (Lipinski definition) is 3. The Morgan fingerprint density at radius 3 is 2.63 bits per heavy atom. The summed E-state index contributed by atoms with van der Waals surface area (Å²) in [7, 11) is 0. The van der Waals surface area contributed by atoms with Gasteiger partial charge in [-0.25, -0.2) is 4.79 Å². The van der Waals surface area contributed by atoms with Crippen molar-refractivity contribution >= 4 is 60.2 Å². The fourth-order valence-electron chi connectivity index (χ4n) is 4.05. The second kappa shape index (κ2) is 9.12. The molecule has 1 aliphatic heterocycles. The van der Waals surface area contributed by atoms with Crippen molar-refractivity contribution in [3.8, 4) is 0 Å². The Labute approximate surface area is 193 Å². The molecule has 30 heavy (non-hydrogen) atoms. The number of fused-ring (bicyclic) bond motifs is 1. The minimum Gasteiger partial charge on any atom is -0.464 e. The number of piperidine rings is 1. The Balaban J connectivity index is 1.49. The normalized spacial score (nSPS) is 15.6. The van der Waals surface area contributed by atoms with Gasteiger partial charge < -0.3 is 20.0 Å². The van der Waals surface area contributed by atoms with Crippen molar-refractivity contribution in [1.82, 2.24) is 4.90 Å². The van der Waals surface area contributed by atoms with E-state index in [0.717, 1.165) is 51.5 Å². The van der Waals surface area contributed by atoms with Crippen LogP contribution < -0.4 is 10.6 Å². The first-order valence-corrected chi connectivity index (χ1v) is 11.8. The van der Waals surface area contributed by atoms with Crippen LogP contribution in [0.2, 0.25) is 0 Å². The van der Waals surface area contributed by atoms with Gasteiger partial charge in [0.1, 0.15) is 5.58 Å². The van der Waals surface area contributed by atoms with Crippen LogP contribution in [0.1, 0.15) is 38.2 Å². The molecule has 1 fully saturated rings. The number of rotatable bonds is 4. The van der Waals surface area contributed by atoms with Gasteiger partial charge in [0.2, 0.25) is 0 Å². The Morgan fingerprint density at radius 1 is 1.13 bits per heavy atom. The van der Waals surface area contributed by atoms with E-state index in [1.165, 1.54) is 5.56 Å². The van der Waals surface area contributed by atoms with Gasteiger partial charge in [-0.15, -0.1) is 0 Å². The summed E-state index contributed by atoms with van der Waals surface area (Å²) in [5, 5.41) is 6.90. The van der Waals surface area contributed by atoms with E-state index in [-0.39, 0.29) is 6.03 Å². The smallest absolute Gasteiger partial charge is 0.323 e. The molecule has 0 radical (unpaired) electrons. The number of nitrogens with zero attached hydrogens (tertiary/aromatic N) is 1. The van der Waals surface area contributed by atoms with Crippen molar-refractivity contribution in [2.24, 2.45) is 0 Å². The van der Waals surface area contributed by atoms with Crippen LogP contribution in [0.3, 0.4) is 0 Å². The summed E-state index contributed by atoms with van der Waals surface area (Å²) in [4.78, 5) is 15.0. The molecule has 0 bridgehead atoms. The van der Waals surface area contributed by atoms with Crippen LogP contribution in [0.15, 0.2) is 56.0 Å². The van der Waals surface area contributed by atoms with Gasteiger partial charge >= 0.3 is 6.03 Å². The Morgan fingerprint density at radius 2 is 1.90 bits per heavy atom. The Bertz CT molecular complexity index is 1060. The lowest BCUT2D eigenvalue weighted by atomic mass is 9.88. The van der Waals surface area contributed by atoms with E-state index in [0.29, 0.717) is 17.6 Å². The molecule has 2 N–H and O–H groups in total. The second-order valence-corrected chi connectivity index (χ2v) is 9.63. The zero-order valence-corrected chi connectivity index (χ0v) is 20.2. The number of halogens is 2. The summed E-state index contributed by atoms with van der Waals surface area (Å²) in [6, 6.07) is 11.7. The molecular weight excluding hydrogens is 510 g/mol. The third-order valence-corrected chi connectivity index (χ3v) is 7.81. The molecule has 158 valence electrons. The highest BCUT2D eigenvalue weighted by Gasteiger charge is 2.24. The lowest BCUT2D eigenvalue weighted by Crippen LogP contribution is -2.37. The van der Waals surface area contributed by atoms with Gasteiger partial charge in [0.15, 0.2) is 0 Å². The second-order valence-electron chi connectivity index (χ2n) is 7.99. The molecule has 4 rings (SSSR count). The zero-order chi connectivity index (χ0) is 21.3. The van der Waals surface area contributed by atoms with Crippen molar-refractivity contribution in [2.75, 3.05) is 23.7 Å². The van der Waals surface area contributed by atoms with Crippen LogP contribution in [0.5, 0.6) is 0 Å². The van der Waals surface area contributed by atoms with Crippen LogP contribution in [-0.2, 0) is 0 Å². The number of urea groups is 1. The fraction of sp³-hybridized carbons (Fsp3) is 0.348. The van der Waals surface area contributed by atoms with E-state index in [2.05, 4.69) is 61.2 Å². The quantitative estimate of drug-likeness (QED) is 0.372. The van der Waals surface area contributed by atoms with Crippen molar-refractivity contribution < 1.29 is 9.21 Å². The van der Waals surface area contributed by atoms with E-state index >= 15 is 0 Å². The molecule has 0 aliphatic carbocycles. The summed E-state index contributed by atoms with van der Waals surface area (Å²) < 4.78 is 7.50. The predicted octanol–water partition coefficient (Wildman–Crippen LogP) is 7.19. The number of anilines is 2. The van der Waals surface area contributed by atoms with E-state index in [1.54, 1.807) is 0 Å². The lowest BCUT2D eigenvalue weighted by molar-refractivity contribution is 0.172. The number of hydrogen-bond donors (Lipinski definition) is 2. The summed E-state index contributed by atoms with van der Waals surface area (Å²) in [5.74, 6) is 0.489. The summed E-state index contributed by atoms with van der Waals surface area (Å²) in [5.41, 5.74) is 3.54. The topological polar surface area (TPSA) is 57.5 Å². The molecule has 7 heteroatoms. The molecule has 0 atom stereocenters. The molecule has 2 amide bonds. The predicted molar refractivity (Wildman–Crippen MR) is 129 cm³/mol.